The summed E-state index contributed by atoms with van der Waals surface area (Å²) < 4.78 is 26.1. The number of hydrogen-bond acceptors (Lipinski definition) is 5. The molecule has 1 saturated heterocycles. The molecule has 2 aliphatic rings. The van der Waals surface area contributed by atoms with Gasteiger partial charge in [0, 0.05) is 38.2 Å². The van der Waals surface area contributed by atoms with Gasteiger partial charge < -0.3 is 0 Å². The van der Waals surface area contributed by atoms with Crippen molar-refractivity contribution < 1.29 is 13.2 Å². The summed E-state index contributed by atoms with van der Waals surface area (Å²) in [7, 11) is -3.31. The topological polar surface area (TPSA) is 69.7 Å². The zero-order valence-electron chi connectivity index (χ0n) is 25.1. The maximum atomic E-state index is 13.1. The quantitative estimate of drug-likeness (QED) is 0.269. The highest BCUT2D eigenvalue weighted by Gasteiger charge is 2.21. The fourth-order valence-corrected chi connectivity index (χ4v) is 7.06. The number of hydrogen-bond donors (Lipinski definition) is 1. The Labute approximate surface area is 252 Å². The Hall–Kier alpha value is -3.00. The molecule has 0 atom stereocenters. The van der Waals surface area contributed by atoms with Crippen LogP contribution in [0.15, 0.2) is 66.7 Å². The third-order valence-corrected chi connectivity index (χ3v) is 9.60. The summed E-state index contributed by atoms with van der Waals surface area (Å²) in [6, 6.07) is 22.7. The molecular weight excluding hydrogens is 542 g/mol. The van der Waals surface area contributed by atoms with Gasteiger partial charge in [-0.25, -0.2) is 8.42 Å². The number of sulfonamides is 1. The van der Waals surface area contributed by atoms with Crippen LogP contribution in [0.4, 0.5) is 5.69 Å². The number of piperidine rings is 1. The SMILES string of the molecule is Cc1ccccc1CN1CCc2ccc(C(=O)CCCC3CCN(Cc4ccccc4NS(C)(=O)=O)CC3)cc2CC1. The lowest BCUT2D eigenvalue weighted by atomic mass is 9.90. The third-order valence-electron chi connectivity index (χ3n) is 9.01. The summed E-state index contributed by atoms with van der Waals surface area (Å²) in [6.07, 6.45) is 8.10. The second-order valence-corrected chi connectivity index (χ2v) is 14.0. The van der Waals surface area contributed by atoms with Gasteiger partial charge in [0.2, 0.25) is 10.0 Å². The number of nitrogens with zero attached hydrogens (tertiary/aromatic N) is 2. The van der Waals surface area contributed by atoms with E-state index in [-0.39, 0.29) is 5.78 Å². The number of para-hydroxylation sites is 1. The van der Waals surface area contributed by atoms with Crippen molar-refractivity contribution in [3.63, 3.8) is 0 Å². The van der Waals surface area contributed by atoms with Crippen LogP contribution >= 0.6 is 0 Å². The number of carbonyl (C=O) groups is 1. The van der Waals surface area contributed by atoms with Gasteiger partial charge in [0.1, 0.15) is 0 Å². The molecule has 0 aromatic heterocycles. The third kappa shape index (κ3) is 8.52. The van der Waals surface area contributed by atoms with E-state index in [1.165, 1.54) is 28.5 Å². The van der Waals surface area contributed by atoms with Crippen LogP contribution in [0.25, 0.3) is 0 Å². The van der Waals surface area contributed by atoms with Gasteiger partial charge in [0.15, 0.2) is 5.78 Å². The molecule has 6 nitrogen and oxygen atoms in total. The first kappa shape index (κ1) is 30.5. The maximum Gasteiger partial charge on any atom is 0.229 e. The van der Waals surface area contributed by atoms with Crippen LogP contribution in [0, 0.1) is 12.8 Å². The van der Waals surface area contributed by atoms with E-state index >= 15 is 0 Å². The lowest BCUT2D eigenvalue weighted by Gasteiger charge is -2.32. The van der Waals surface area contributed by atoms with Crippen molar-refractivity contribution in [3.8, 4) is 0 Å². The molecule has 7 heteroatoms. The normalized spacial score (nSPS) is 17.0. The van der Waals surface area contributed by atoms with Crippen LogP contribution in [0.3, 0.4) is 0 Å². The molecule has 3 aromatic rings. The molecule has 0 spiro atoms. The number of nitrogens with one attached hydrogen (secondary N) is 1. The molecule has 5 rings (SSSR count). The molecule has 1 N–H and O–H groups in total. The van der Waals surface area contributed by atoms with Crippen LogP contribution in [0.2, 0.25) is 0 Å². The number of ketones is 1. The summed E-state index contributed by atoms with van der Waals surface area (Å²) >= 11 is 0. The number of fused-ring (bicyclic) bond motifs is 1. The highest BCUT2D eigenvalue weighted by Crippen LogP contribution is 2.27. The zero-order chi connectivity index (χ0) is 29.5. The Morgan fingerprint density at radius 3 is 2.21 bits per heavy atom. The van der Waals surface area contributed by atoms with E-state index in [0.717, 1.165) is 88.9 Å². The molecule has 3 aromatic carbocycles. The van der Waals surface area contributed by atoms with Gasteiger partial charge in [0.25, 0.3) is 0 Å². The van der Waals surface area contributed by atoms with Gasteiger partial charge in [-0.1, -0.05) is 54.6 Å². The van der Waals surface area contributed by atoms with Crippen molar-refractivity contribution in [2.75, 3.05) is 37.2 Å². The van der Waals surface area contributed by atoms with Crippen molar-refractivity contribution in [2.45, 2.75) is 65.0 Å². The van der Waals surface area contributed by atoms with E-state index in [0.29, 0.717) is 18.0 Å². The van der Waals surface area contributed by atoms with Crippen molar-refractivity contribution in [2.24, 2.45) is 5.92 Å². The minimum atomic E-state index is -3.31. The number of Topliss-reactive ketones (excluding diaryl/α,β-unsaturated/α-hetero) is 1. The fourth-order valence-electron chi connectivity index (χ4n) is 6.46. The summed E-state index contributed by atoms with van der Waals surface area (Å²) in [5.41, 5.74) is 8.02. The van der Waals surface area contributed by atoms with E-state index in [1.807, 2.05) is 30.3 Å². The Balaban J connectivity index is 1.05. The monoisotopic (exact) mass is 587 g/mol. The molecule has 0 amide bonds. The van der Waals surface area contributed by atoms with Crippen molar-refractivity contribution in [1.82, 2.24) is 9.80 Å². The van der Waals surface area contributed by atoms with E-state index in [9.17, 15) is 13.2 Å². The number of carbonyl (C=O) groups excluding carboxylic acids is 1. The minimum Gasteiger partial charge on any atom is -0.299 e. The lowest BCUT2D eigenvalue weighted by molar-refractivity contribution is 0.0974. The van der Waals surface area contributed by atoms with Crippen molar-refractivity contribution in [3.05, 3.63) is 100 Å². The van der Waals surface area contributed by atoms with Gasteiger partial charge >= 0.3 is 0 Å². The number of rotatable bonds is 11. The van der Waals surface area contributed by atoms with Crippen LogP contribution < -0.4 is 4.72 Å². The molecule has 42 heavy (non-hydrogen) atoms. The highest BCUT2D eigenvalue weighted by molar-refractivity contribution is 7.92. The molecule has 2 heterocycles. The summed E-state index contributed by atoms with van der Waals surface area (Å²) in [4.78, 5) is 18.1. The van der Waals surface area contributed by atoms with Gasteiger partial charge in [-0.05, 0) is 104 Å². The molecule has 0 radical (unpaired) electrons. The molecule has 0 bridgehead atoms. The summed E-state index contributed by atoms with van der Waals surface area (Å²) in [6.45, 7) is 7.99. The predicted molar refractivity (Wildman–Crippen MR) is 171 cm³/mol. The first-order chi connectivity index (χ1) is 20.2. The van der Waals surface area contributed by atoms with Crippen LogP contribution in [-0.2, 0) is 36.0 Å². The van der Waals surface area contributed by atoms with Gasteiger partial charge in [0.05, 0.1) is 11.9 Å². The Bertz CT molecular complexity index is 1480. The maximum absolute atomic E-state index is 13.1. The molecule has 1 fully saturated rings. The standard InChI is InChI=1S/C35H45N3O3S/c1-27-8-3-4-10-32(27)25-38-22-18-29-14-15-31(24-30(29)19-23-38)35(39)13-7-9-28-16-20-37(21-17-28)26-33-11-5-6-12-34(33)36-42(2,40)41/h3-6,8,10-12,14-15,24,28,36H,7,9,13,16-23,25-26H2,1-2H3. The van der Waals surface area contributed by atoms with Crippen LogP contribution in [0.1, 0.15) is 70.3 Å². The molecular formula is C35H45N3O3S. The molecule has 0 aliphatic carbocycles. The van der Waals surface area contributed by atoms with Gasteiger partial charge in [-0.3, -0.25) is 19.3 Å². The Morgan fingerprint density at radius 2 is 1.48 bits per heavy atom. The number of benzene rings is 3. The average Bonchev–Trinajstić information content (AvgIpc) is 3.17. The fraction of sp³-hybridized carbons (Fsp3) is 0.457. The van der Waals surface area contributed by atoms with Crippen molar-refractivity contribution in [1.29, 1.82) is 0 Å². The highest BCUT2D eigenvalue weighted by atomic mass is 32.2. The van der Waals surface area contributed by atoms with E-state index in [4.69, 9.17) is 0 Å². The molecule has 224 valence electrons. The van der Waals surface area contributed by atoms with E-state index in [2.05, 4.69) is 57.8 Å². The van der Waals surface area contributed by atoms with E-state index < -0.39 is 10.0 Å². The summed E-state index contributed by atoms with van der Waals surface area (Å²) in [5.74, 6) is 0.913. The predicted octanol–water partition coefficient (Wildman–Crippen LogP) is 6.23. The average molecular weight is 588 g/mol. The Morgan fingerprint density at radius 1 is 0.833 bits per heavy atom. The lowest BCUT2D eigenvalue weighted by Crippen LogP contribution is -2.33. The van der Waals surface area contributed by atoms with Crippen LogP contribution in [-0.4, -0.2) is 56.4 Å². The smallest absolute Gasteiger partial charge is 0.229 e. The molecule has 2 aliphatic heterocycles. The first-order valence-corrected chi connectivity index (χ1v) is 17.3. The second-order valence-electron chi connectivity index (χ2n) is 12.3. The first-order valence-electron chi connectivity index (χ1n) is 15.4. The van der Waals surface area contributed by atoms with Crippen molar-refractivity contribution >= 4 is 21.5 Å². The van der Waals surface area contributed by atoms with E-state index in [1.54, 1.807) is 0 Å². The molecule has 0 saturated carbocycles. The number of likely N-dealkylation sites (tertiary alicyclic amines) is 1. The summed E-state index contributed by atoms with van der Waals surface area (Å²) in [5, 5.41) is 0. The minimum absolute atomic E-state index is 0.270. The number of aryl methyl sites for hydroxylation is 1. The second kappa shape index (κ2) is 14.0. The number of anilines is 1. The molecule has 0 unspecified atom stereocenters. The van der Waals surface area contributed by atoms with Gasteiger partial charge in [-0.15, -0.1) is 0 Å². The largest absolute Gasteiger partial charge is 0.299 e. The zero-order valence-corrected chi connectivity index (χ0v) is 26.0. The van der Waals surface area contributed by atoms with Crippen LogP contribution in [0.5, 0.6) is 0 Å². The van der Waals surface area contributed by atoms with Gasteiger partial charge in [-0.2, -0.15) is 0 Å². The Kier molecular flexibility index (Phi) is 10.1.